The van der Waals surface area contributed by atoms with Gasteiger partial charge in [-0.1, -0.05) is 31.4 Å². The molecule has 1 aliphatic carbocycles. The van der Waals surface area contributed by atoms with E-state index in [1.165, 1.54) is 25.3 Å². The van der Waals surface area contributed by atoms with Crippen LogP contribution in [0, 0.1) is 5.82 Å². The fourth-order valence-electron chi connectivity index (χ4n) is 2.53. The van der Waals surface area contributed by atoms with Gasteiger partial charge in [0.2, 0.25) is 5.91 Å². The third-order valence-corrected chi connectivity index (χ3v) is 4.63. The first-order valence-electron chi connectivity index (χ1n) is 7.35. The fraction of sp³-hybridized carbons (Fsp3) is 0.562. The maximum absolute atomic E-state index is 13.0. The Balaban J connectivity index is 1.59. The highest BCUT2D eigenvalue weighted by Crippen LogP contribution is 2.18. The van der Waals surface area contributed by atoms with Crippen molar-refractivity contribution in [2.75, 3.05) is 5.75 Å². The Kier molecular flexibility index (Phi) is 6.37. The molecular formula is C16H22FNOS. The zero-order valence-corrected chi connectivity index (χ0v) is 12.6. The van der Waals surface area contributed by atoms with E-state index in [9.17, 15) is 9.18 Å². The molecule has 4 heteroatoms. The number of nitrogens with one attached hydrogen (secondary N) is 1. The molecule has 1 amide bonds. The van der Waals surface area contributed by atoms with Crippen LogP contribution in [0.2, 0.25) is 0 Å². The van der Waals surface area contributed by atoms with Gasteiger partial charge in [-0.15, -0.1) is 0 Å². The predicted molar refractivity (Wildman–Crippen MR) is 82.2 cm³/mol. The summed E-state index contributed by atoms with van der Waals surface area (Å²) in [7, 11) is 0. The second kappa shape index (κ2) is 8.30. The molecule has 1 aromatic rings. The smallest absolute Gasteiger partial charge is 0.221 e. The van der Waals surface area contributed by atoms with E-state index in [0.717, 1.165) is 29.9 Å². The van der Waals surface area contributed by atoms with Crippen molar-refractivity contribution in [2.45, 2.75) is 50.3 Å². The summed E-state index contributed by atoms with van der Waals surface area (Å²) in [4.78, 5) is 11.8. The standard InChI is InChI=1S/C16H22FNOS/c17-14-6-4-5-13(11-14)12-20-10-9-16(19)18-15-7-2-1-3-8-15/h4-6,11,15H,1-3,7-10,12H2,(H,18,19). The maximum Gasteiger partial charge on any atom is 0.221 e. The van der Waals surface area contributed by atoms with Crippen molar-refractivity contribution in [1.82, 2.24) is 5.32 Å². The van der Waals surface area contributed by atoms with Crippen LogP contribution in [0.1, 0.15) is 44.1 Å². The van der Waals surface area contributed by atoms with Gasteiger partial charge in [0, 0.05) is 24.0 Å². The number of hydrogen-bond donors (Lipinski definition) is 1. The van der Waals surface area contributed by atoms with Crippen LogP contribution < -0.4 is 5.32 Å². The molecule has 20 heavy (non-hydrogen) atoms. The first-order chi connectivity index (χ1) is 9.74. The fourth-order valence-corrected chi connectivity index (χ4v) is 3.42. The summed E-state index contributed by atoms with van der Waals surface area (Å²) in [6, 6.07) is 7.03. The molecule has 1 N–H and O–H groups in total. The molecule has 1 saturated carbocycles. The molecule has 1 fully saturated rings. The summed E-state index contributed by atoms with van der Waals surface area (Å²) in [5, 5.41) is 3.11. The number of carbonyl (C=O) groups is 1. The van der Waals surface area contributed by atoms with Crippen LogP contribution in [-0.4, -0.2) is 17.7 Å². The van der Waals surface area contributed by atoms with Gasteiger partial charge in [0.25, 0.3) is 0 Å². The normalized spacial score (nSPS) is 16.1. The van der Waals surface area contributed by atoms with Gasteiger partial charge >= 0.3 is 0 Å². The van der Waals surface area contributed by atoms with Crippen molar-refractivity contribution < 1.29 is 9.18 Å². The Morgan fingerprint density at radius 3 is 2.85 bits per heavy atom. The van der Waals surface area contributed by atoms with E-state index in [2.05, 4.69) is 5.32 Å². The molecule has 2 nitrogen and oxygen atoms in total. The first-order valence-corrected chi connectivity index (χ1v) is 8.51. The molecule has 0 atom stereocenters. The minimum absolute atomic E-state index is 0.156. The predicted octanol–water partition coefficient (Wildman–Crippen LogP) is 3.90. The molecule has 0 aromatic heterocycles. The van der Waals surface area contributed by atoms with Gasteiger partial charge in [-0.2, -0.15) is 11.8 Å². The Morgan fingerprint density at radius 1 is 1.30 bits per heavy atom. The van der Waals surface area contributed by atoms with Gasteiger partial charge in [-0.3, -0.25) is 4.79 Å². The van der Waals surface area contributed by atoms with Crippen molar-refractivity contribution in [1.29, 1.82) is 0 Å². The molecule has 0 heterocycles. The first kappa shape index (κ1) is 15.4. The Bertz CT molecular complexity index is 432. The van der Waals surface area contributed by atoms with Crippen molar-refractivity contribution in [3.05, 3.63) is 35.6 Å². The average Bonchev–Trinajstić information content (AvgIpc) is 2.45. The van der Waals surface area contributed by atoms with Crippen LogP contribution in [-0.2, 0) is 10.5 Å². The lowest BCUT2D eigenvalue weighted by atomic mass is 9.95. The van der Waals surface area contributed by atoms with Crippen molar-refractivity contribution in [3.63, 3.8) is 0 Å². The molecule has 1 aromatic carbocycles. The van der Waals surface area contributed by atoms with Gasteiger partial charge in [0.1, 0.15) is 5.82 Å². The summed E-state index contributed by atoms with van der Waals surface area (Å²) in [6.07, 6.45) is 6.58. The van der Waals surface area contributed by atoms with Gasteiger partial charge in [-0.05, 0) is 30.5 Å². The van der Waals surface area contributed by atoms with Crippen molar-refractivity contribution >= 4 is 17.7 Å². The Hall–Kier alpha value is -1.03. The van der Waals surface area contributed by atoms with E-state index in [4.69, 9.17) is 0 Å². The number of thioether (sulfide) groups is 1. The lowest BCUT2D eigenvalue weighted by Crippen LogP contribution is -2.36. The number of hydrogen-bond acceptors (Lipinski definition) is 2. The molecule has 2 rings (SSSR count). The molecule has 0 spiro atoms. The van der Waals surface area contributed by atoms with Gasteiger partial charge in [0.05, 0.1) is 0 Å². The van der Waals surface area contributed by atoms with E-state index >= 15 is 0 Å². The van der Waals surface area contributed by atoms with Crippen LogP contribution in [0.3, 0.4) is 0 Å². The molecular weight excluding hydrogens is 273 g/mol. The second-order valence-electron chi connectivity index (χ2n) is 5.33. The van der Waals surface area contributed by atoms with E-state index in [-0.39, 0.29) is 11.7 Å². The summed E-state index contributed by atoms with van der Waals surface area (Å²) in [5.74, 6) is 1.51. The lowest BCUT2D eigenvalue weighted by molar-refractivity contribution is -0.121. The SMILES string of the molecule is O=C(CCSCc1cccc(F)c1)NC1CCCCC1. The molecule has 1 aliphatic rings. The zero-order chi connectivity index (χ0) is 14.2. The van der Waals surface area contributed by atoms with Gasteiger partial charge < -0.3 is 5.32 Å². The van der Waals surface area contributed by atoms with Crippen molar-refractivity contribution in [3.8, 4) is 0 Å². The molecule has 0 bridgehead atoms. The number of halogens is 1. The number of benzene rings is 1. The zero-order valence-electron chi connectivity index (χ0n) is 11.7. The van der Waals surface area contributed by atoms with E-state index < -0.39 is 0 Å². The van der Waals surface area contributed by atoms with Crippen LogP contribution in [0.5, 0.6) is 0 Å². The summed E-state index contributed by atoms with van der Waals surface area (Å²) in [6.45, 7) is 0. The quantitative estimate of drug-likeness (QED) is 0.807. The highest BCUT2D eigenvalue weighted by atomic mass is 32.2. The molecule has 0 saturated heterocycles. The summed E-state index contributed by atoms with van der Waals surface area (Å²) >= 11 is 1.68. The number of carbonyl (C=O) groups excluding carboxylic acids is 1. The molecule has 110 valence electrons. The van der Waals surface area contributed by atoms with Gasteiger partial charge in [-0.25, -0.2) is 4.39 Å². The average molecular weight is 295 g/mol. The summed E-state index contributed by atoms with van der Waals surface area (Å²) < 4.78 is 13.0. The minimum atomic E-state index is -0.196. The molecule has 0 unspecified atom stereocenters. The molecule has 0 radical (unpaired) electrons. The van der Waals surface area contributed by atoms with Crippen LogP contribution >= 0.6 is 11.8 Å². The Labute approximate surface area is 124 Å². The lowest BCUT2D eigenvalue weighted by Gasteiger charge is -2.22. The van der Waals surface area contributed by atoms with E-state index in [0.29, 0.717) is 12.5 Å². The maximum atomic E-state index is 13.0. The van der Waals surface area contributed by atoms with Crippen LogP contribution in [0.4, 0.5) is 4.39 Å². The Morgan fingerprint density at radius 2 is 2.10 bits per heavy atom. The largest absolute Gasteiger partial charge is 0.353 e. The van der Waals surface area contributed by atoms with E-state index in [1.54, 1.807) is 23.9 Å². The van der Waals surface area contributed by atoms with Crippen LogP contribution in [0.25, 0.3) is 0 Å². The van der Waals surface area contributed by atoms with Gasteiger partial charge in [0.15, 0.2) is 0 Å². The number of amides is 1. The van der Waals surface area contributed by atoms with Crippen LogP contribution in [0.15, 0.2) is 24.3 Å². The highest BCUT2D eigenvalue weighted by molar-refractivity contribution is 7.98. The third-order valence-electron chi connectivity index (χ3n) is 3.60. The van der Waals surface area contributed by atoms with Crippen molar-refractivity contribution in [2.24, 2.45) is 0 Å². The second-order valence-corrected chi connectivity index (χ2v) is 6.44. The summed E-state index contributed by atoms with van der Waals surface area (Å²) in [5.41, 5.74) is 0.975. The molecule has 0 aliphatic heterocycles. The topological polar surface area (TPSA) is 29.1 Å². The minimum Gasteiger partial charge on any atom is -0.353 e. The monoisotopic (exact) mass is 295 g/mol. The number of rotatable bonds is 6. The third kappa shape index (κ3) is 5.53. The van der Waals surface area contributed by atoms with E-state index in [1.807, 2.05) is 6.07 Å². The highest BCUT2D eigenvalue weighted by Gasteiger charge is 2.15.